The molecule has 0 aliphatic rings. The summed E-state index contributed by atoms with van der Waals surface area (Å²) < 4.78 is 11.3. The Kier molecular flexibility index (Phi) is 17.5. The average Bonchev–Trinajstić information content (AvgIpc) is 3.31. The van der Waals surface area contributed by atoms with E-state index in [-0.39, 0.29) is 21.7 Å². The van der Waals surface area contributed by atoms with Crippen molar-refractivity contribution in [2.45, 2.75) is 77.0 Å². The van der Waals surface area contributed by atoms with Crippen LogP contribution in [0.3, 0.4) is 0 Å². The second-order valence-electron chi connectivity index (χ2n) is 17.8. The van der Waals surface area contributed by atoms with Crippen molar-refractivity contribution in [1.82, 2.24) is 0 Å². The molecule has 6 aromatic rings. The Morgan fingerprint density at radius 2 is 0.590 bits per heavy atom. The number of aliphatic hydroxyl groups is 4. The predicted octanol–water partition coefficient (Wildman–Crippen LogP) is 11.0. The van der Waals surface area contributed by atoms with Crippen molar-refractivity contribution in [1.29, 1.82) is 0 Å². The van der Waals surface area contributed by atoms with Gasteiger partial charge in [-0.3, -0.25) is 0 Å². The van der Waals surface area contributed by atoms with E-state index >= 15 is 0 Å². The maximum atomic E-state index is 8.50. The van der Waals surface area contributed by atoms with E-state index in [0.717, 1.165) is 11.5 Å². The van der Waals surface area contributed by atoms with Crippen molar-refractivity contribution in [2.75, 3.05) is 26.4 Å². The summed E-state index contributed by atoms with van der Waals surface area (Å²) in [5.41, 5.74) is 8.54. The van der Waals surface area contributed by atoms with E-state index in [9.17, 15) is 0 Å². The second kappa shape index (κ2) is 21.6. The SMILES string of the molecule is CC(C)(c1ccccc1)c1ccc(OP)c(C(C)(C)c2ccccc2)c1.CC(C)(c1ccccc1)c1ccc(OP)c(C(C)(C)c2ccccc2)c1.OCC(CO)(CO)CO. The third-order valence-corrected chi connectivity index (χ3v) is 12.8. The normalized spacial score (nSPS) is 12.0. The van der Waals surface area contributed by atoms with Gasteiger partial charge in [0.1, 0.15) is 11.5 Å². The van der Waals surface area contributed by atoms with Crippen LogP contribution in [-0.4, -0.2) is 46.9 Å². The first-order valence-electron chi connectivity index (χ1n) is 20.7. The molecular formula is C53H66O6P2. The van der Waals surface area contributed by atoms with Gasteiger partial charge < -0.3 is 29.5 Å². The van der Waals surface area contributed by atoms with Crippen LogP contribution in [0.2, 0.25) is 0 Å². The molecule has 2 unspecified atom stereocenters. The summed E-state index contributed by atoms with van der Waals surface area (Å²) in [6.07, 6.45) is 0. The highest BCUT2D eigenvalue weighted by Gasteiger charge is 2.32. The fourth-order valence-electron chi connectivity index (χ4n) is 7.38. The van der Waals surface area contributed by atoms with E-state index in [2.05, 4.69) is 232 Å². The first-order valence-corrected chi connectivity index (χ1v) is 21.6. The Bertz CT molecular complexity index is 2050. The van der Waals surface area contributed by atoms with Gasteiger partial charge in [0, 0.05) is 32.8 Å². The van der Waals surface area contributed by atoms with Gasteiger partial charge in [0.15, 0.2) is 0 Å². The molecule has 0 saturated carbocycles. The van der Waals surface area contributed by atoms with Crippen molar-refractivity contribution in [3.63, 3.8) is 0 Å². The number of hydrogen-bond donors (Lipinski definition) is 4. The van der Waals surface area contributed by atoms with Gasteiger partial charge in [-0.1, -0.05) is 201 Å². The molecule has 0 amide bonds. The summed E-state index contributed by atoms with van der Waals surface area (Å²) in [5.74, 6) is 1.80. The Morgan fingerprint density at radius 1 is 0.344 bits per heavy atom. The van der Waals surface area contributed by atoms with Crippen LogP contribution >= 0.6 is 18.9 Å². The van der Waals surface area contributed by atoms with Gasteiger partial charge in [-0.15, -0.1) is 0 Å². The molecule has 6 rings (SSSR count). The van der Waals surface area contributed by atoms with Gasteiger partial charge in [0.05, 0.1) is 50.8 Å². The summed E-state index contributed by atoms with van der Waals surface area (Å²) in [5, 5.41) is 34.0. The third kappa shape index (κ3) is 11.6. The zero-order valence-corrected chi connectivity index (χ0v) is 39.4. The zero-order chi connectivity index (χ0) is 44.9. The second-order valence-corrected chi connectivity index (χ2v) is 18.2. The van der Waals surface area contributed by atoms with Crippen molar-refractivity contribution < 1.29 is 29.5 Å². The fourth-order valence-corrected chi connectivity index (χ4v) is 7.79. The Morgan fingerprint density at radius 3 is 0.803 bits per heavy atom. The first kappa shape index (κ1) is 49.3. The van der Waals surface area contributed by atoms with Gasteiger partial charge >= 0.3 is 0 Å². The minimum atomic E-state index is -1.11. The third-order valence-electron chi connectivity index (χ3n) is 12.3. The molecule has 8 heteroatoms. The van der Waals surface area contributed by atoms with Gasteiger partial charge in [0.25, 0.3) is 0 Å². The Balaban J connectivity index is 0.000000224. The van der Waals surface area contributed by atoms with Crippen LogP contribution in [0.25, 0.3) is 0 Å². The van der Waals surface area contributed by atoms with Crippen molar-refractivity contribution >= 4 is 18.9 Å². The topological polar surface area (TPSA) is 99.4 Å². The van der Waals surface area contributed by atoms with E-state index in [0.29, 0.717) is 0 Å². The molecule has 61 heavy (non-hydrogen) atoms. The maximum absolute atomic E-state index is 8.50. The minimum absolute atomic E-state index is 0.0812. The Labute approximate surface area is 369 Å². The molecule has 6 aromatic carbocycles. The Hall–Kier alpha value is -4.38. The van der Waals surface area contributed by atoms with E-state index in [4.69, 9.17) is 29.5 Å². The van der Waals surface area contributed by atoms with Crippen molar-refractivity contribution in [3.8, 4) is 11.5 Å². The summed E-state index contributed by atoms with van der Waals surface area (Å²) in [4.78, 5) is 0. The van der Waals surface area contributed by atoms with Gasteiger partial charge in [-0.2, -0.15) is 0 Å². The molecule has 4 N–H and O–H groups in total. The fraction of sp³-hybridized carbons (Fsp3) is 0.321. The summed E-state index contributed by atoms with van der Waals surface area (Å²) in [6, 6.07) is 55.7. The monoisotopic (exact) mass is 860 g/mol. The highest BCUT2D eigenvalue weighted by atomic mass is 31.0. The summed E-state index contributed by atoms with van der Waals surface area (Å²) >= 11 is 0. The predicted molar refractivity (Wildman–Crippen MR) is 259 cm³/mol. The van der Waals surface area contributed by atoms with Crippen molar-refractivity contribution in [2.24, 2.45) is 5.41 Å². The largest absolute Gasteiger partial charge is 0.480 e. The highest BCUT2D eigenvalue weighted by molar-refractivity contribution is 7.10. The molecule has 0 fully saturated rings. The molecule has 0 bridgehead atoms. The van der Waals surface area contributed by atoms with Crippen LogP contribution in [0.1, 0.15) is 99.9 Å². The molecule has 6 nitrogen and oxygen atoms in total. The van der Waals surface area contributed by atoms with E-state index in [1.165, 1.54) is 44.5 Å². The van der Waals surface area contributed by atoms with E-state index < -0.39 is 31.8 Å². The standard InChI is InChI=1S/2C24H27OP.C5H12O4/c2*1-23(2,18-11-7-5-8-12-18)20-15-16-22(25-26)21(17-20)24(3,4)19-13-9-6-10-14-19;6-1-5(2-7,3-8)4-9/h2*5-17H,26H2,1-4H3;6-9H,1-4H2. The number of hydrogen-bond acceptors (Lipinski definition) is 6. The molecule has 0 saturated heterocycles. The van der Waals surface area contributed by atoms with Gasteiger partial charge in [-0.05, 0) is 45.5 Å². The molecular weight excluding hydrogens is 795 g/mol. The molecule has 324 valence electrons. The van der Waals surface area contributed by atoms with Gasteiger partial charge in [-0.25, -0.2) is 0 Å². The minimum Gasteiger partial charge on any atom is -0.480 e. The lowest BCUT2D eigenvalue weighted by Gasteiger charge is -2.32. The van der Waals surface area contributed by atoms with Gasteiger partial charge in [0.2, 0.25) is 0 Å². The van der Waals surface area contributed by atoms with Crippen LogP contribution in [-0.2, 0) is 21.7 Å². The average molecular weight is 861 g/mol. The van der Waals surface area contributed by atoms with E-state index in [1.54, 1.807) is 0 Å². The van der Waals surface area contributed by atoms with Crippen LogP contribution in [0.5, 0.6) is 11.5 Å². The van der Waals surface area contributed by atoms with Crippen LogP contribution in [0.15, 0.2) is 158 Å². The molecule has 0 aliphatic heterocycles. The zero-order valence-electron chi connectivity index (χ0n) is 37.1. The molecule has 0 heterocycles. The van der Waals surface area contributed by atoms with Crippen LogP contribution < -0.4 is 9.05 Å². The number of aliphatic hydroxyl groups excluding tert-OH is 4. The highest BCUT2D eigenvalue weighted by Crippen LogP contribution is 2.43. The smallest absolute Gasteiger partial charge is 0.126 e. The van der Waals surface area contributed by atoms with Crippen LogP contribution in [0, 0.1) is 5.41 Å². The number of rotatable bonds is 14. The molecule has 0 aliphatic carbocycles. The lowest BCUT2D eigenvalue weighted by molar-refractivity contribution is -0.0328. The molecule has 0 aromatic heterocycles. The molecule has 0 radical (unpaired) electrons. The molecule has 0 spiro atoms. The van der Waals surface area contributed by atoms with Crippen LogP contribution in [0.4, 0.5) is 0 Å². The number of benzene rings is 6. The van der Waals surface area contributed by atoms with Crippen molar-refractivity contribution in [3.05, 3.63) is 202 Å². The molecule has 2 atom stereocenters. The lowest BCUT2D eigenvalue weighted by Crippen LogP contribution is -2.37. The maximum Gasteiger partial charge on any atom is 0.126 e. The van der Waals surface area contributed by atoms with E-state index in [1.807, 2.05) is 0 Å². The summed E-state index contributed by atoms with van der Waals surface area (Å²) in [6.45, 7) is 16.5. The lowest BCUT2D eigenvalue weighted by atomic mass is 9.73. The first-order chi connectivity index (χ1) is 29.0. The quantitative estimate of drug-likeness (QED) is 0.0815. The summed E-state index contributed by atoms with van der Waals surface area (Å²) in [7, 11) is 4.79.